The van der Waals surface area contributed by atoms with Crippen LogP contribution in [0.15, 0.2) is 36.5 Å². The molecule has 1 aromatic heterocycles. The van der Waals surface area contributed by atoms with E-state index in [0.717, 1.165) is 11.3 Å². The first kappa shape index (κ1) is 17.8. The van der Waals surface area contributed by atoms with E-state index in [-0.39, 0.29) is 0 Å². The van der Waals surface area contributed by atoms with Gasteiger partial charge in [-0.25, -0.2) is 0 Å². The molecular weight excluding hydrogens is 342 g/mol. The summed E-state index contributed by atoms with van der Waals surface area (Å²) in [5, 5.41) is 0. The fourth-order valence-electron chi connectivity index (χ4n) is 3.19. The number of nitrogens with zero attached hydrogens (tertiary/aromatic N) is 3. The number of benzene rings is 1. The third kappa shape index (κ3) is 3.01. The molecule has 7 nitrogen and oxygen atoms in total. The summed E-state index contributed by atoms with van der Waals surface area (Å²) in [6.07, 6.45) is 1.97. The van der Waals surface area contributed by atoms with Crippen LogP contribution in [0.25, 0.3) is 0 Å². The van der Waals surface area contributed by atoms with Crippen LogP contribution in [0.4, 0.5) is 0 Å². The lowest BCUT2D eigenvalue weighted by Gasteiger charge is -2.38. The lowest BCUT2D eigenvalue weighted by Crippen LogP contribution is -2.47. The Morgan fingerprint density at radius 2 is 1.88 bits per heavy atom. The molecule has 0 fully saturated rings. The van der Waals surface area contributed by atoms with E-state index < -0.39 is 16.3 Å². The van der Waals surface area contributed by atoms with Gasteiger partial charge in [-0.05, 0) is 30.3 Å². The molecule has 0 N–H and O–H groups in total. The van der Waals surface area contributed by atoms with E-state index in [9.17, 15) is 8.42 Å². The third-order valence-electron chi connectivity index (χ3n) is 4.48. The summed E-state index contributed by atoms with van der Waals surface area (Å²) < 4.78 is 41.5. The first-order valence-corrected chi connectivity index (χ1v) is 9.36. The summed E-state index contributed by atoms with van der Waals surface area (Å²) in [7, 11) is 2.65. The largest absolute Gasteiger partial charge is 0.497 e. The minimum atomic E-state index is -3.61. The molecule has 2 heterocycles. The summed E-state index contributed by atoms with van der Waals surface area (Å²) >= 11 is 0. The molecule has 0 saturated carbocycles. The quantitative estimate of drug-likeness (QED) is 0.809. The van der Waals surface area contributed by atoms with Crippen molar-refractivity contribution in [3.05, 3.63) is 47.8 Å². The van der Waals surface area contributed by atoms with Crippen LogP contribution in [0.3, 0.4) is 0 Å². The number of methoxy groups -OCH3 is 2. The van der Waals surface area contributed by atoms with Gasteiger partial charge in [-0.1, -0.05) is 0 Å². The molecule has 1 aliphatic heterocycles. The fourth-order valence-corrected chi connectivity index (χ4v) is 4.41. The molecule has 0 saturated heterocycles. The standard InChI is InChI=1S/C17H23N3O4S/c1-18(2)25(21,22)20-11-10-19-9-5-6-15(19)17(20)14-12-13(23-3)7-8-16(14)24-4/h5-9,12,17H,10-11H2,1-4H3. The topological polar surface area (TPSA) is 64.0 Å². The molecule has 1 aliphatic rings. The lowest BCUT2D eigenvalue weighted by molar-refractivity contribution is 0.274. The molecule has 1 atom stereocenters. The maximum atomic E-state index is 12.9. The highest BCUT2D eigenvalue weighted by Crippen LogP contribution is 2.40. The first-order valence-electron chi connectivity index (χ1n) is 7.96. The number of rotatable bonds is 5. The Balaban J connectivity index is 2.22. The van der Waals surface area contributed by atoms with Crippen molar-refractivity contribution in [2.75, 3.05) is 34.9 Å². The molecule has 0 spiro atoms. The van der Waals surface area contributed by atoms with E-state index in [1.165, 1.54) is 8.61 Å². The predicted octanol–water partition coefficient (Wildman–Crippen LogP) is 1.72. The summed E-state index contributed by atoms with van der Waals surface area (Å²) in [6.45, 7) is 0.991. The summed E-state index contributed by atoms with van der Waals surface area (Å²) in [6, 6.07) is 8.83. The van der Waals surface area contributed by atoms with Crippen LogP contribution in [-0.2, 0) is 16.8 Å². The number of ether oxygens (including phenoxy) is 2. The van der Waals surface area contributed by atoms with Gasteiger partial charge in [0.2, 0.25) is 0 Å². The summed E-state index contributed by atoms with van der Waals surface area (Å²) in [5.41, 5.74) is 1.66. The van der Waals surface area contributed by atoms with Crippen LogP contribution in [-0.4, -0.2) is 56.5 Å². The highest BCUT2D eigenvalue weighted by molar-refractivity contribution is 7.86. The van der Waals surface area contributed by atoms with Crippen molar-refractivity contribution in [2.45, 2.75) is 12.6 Å². The minimum Gasteiger partial charge on any atom is -0.497 e. The van der Waals surface area contributed by atoms with E-state index in [4.69, 9.17) is 9.47 Å². The van der Waals surface area contributed by atoms with Gasteiger partial charge in [0.15, 0.2) is 0 Å². The molecule has 0 bridgehead atoms. The van der Waals surface area contributed by atoms with Crippen molar-refractivity contribution in [3.8, 4) is 11.5 Å². The summed E-state index contributed by atoms with van der Waals surface area (Å²) in [5.74, 6) is 1.28. The number of hydrogen-bond donors (Lipinski definition) is 0. The average Bonchev–Trinajstić information content (AvgIpc) is 3.08. The Morgan fingerprint density at radius 3 is 2.52 bits per heavy atom. The van der Waals surface area contributed by atoms with Crippen molar-refractivity contribution in [3.63, 3.8) is 0 Å². The first-order chi connectivity index (χ1) is 11.9. The van der Waals surface area contributed by atoms with Gasteiger partial charge in [-0.3, -0.25) is 0 Å². The van der Waals surface area contributed by atoms with Crippen molar-refractivity contribution >= 4 is 10.2 Å². The van der Waals surface area contributed by atoms with Crippen LogP contribution in [0.5, 0.6) is 11.5 Å². The lowest BCUT2D eigenvalue weighted by atomic mass is 10.0. The van der Waals surface area contributed by atoms with Crippen molar-refractivity contribution in [1.29, 1.82) is 0 Å². The Labute approximate surface area is 148 Å². The second kappa shape index (κ2) is 6.70. The Hall–Kier alpha value is -2.03. The molecule has 1 unspecified atom stereocenters. The van der Waals surface area contributed by atoms with Crippen molar-refractivity contribution in [1.82, 2.24) is 13.2 Å². The molecular formula is C17H23N3O4S. The van der Waals surface area contributed by atoms with Crippen LogP contribution in [0.2, 0.25) is 0 Å². The highest BCUT2D eigenvalue weighted by Gasteiger charge is 2.39. The zero-order valence-corrected chi connectivity index (χ0v) is 15.7. The Bertz CT molecular complexity index is 861. The monoisotopic (exact) mass is 365 g/mol. The van der Waals surface area contributed by atoms with Gasteiger partial charge in [0, 0.05) is 44.6 Å². The van der Waals surface area contributed by atoms with E-state index in [1.54, 1.807) is 40.4 Å². The zero-order valence-electron chi connectivity index (χ0n) is 14.8. The molecule has 2 aromatic rings. The maximum absolute atomic E-state index is 12.9. The normalized spacial score (nSPS) is 18.2. The molecule has 25 heavy (non-hydrogen) atoms. The van der Waals surface area contributed by atoms with Gasteiger partial charge in [0.25, 0.3) is 10.2 Å². The average molecular weight is 365 g/mol. The van der Waals surface area contributed by atoms with Crippen LogP contribution >= 0.6 is 0 Å². The smallest absolute Gasteiger partial charge is 0.282 e. The molecule has 0 amide bonds. The van der Waals surface area contributed by atoms with Gasteiger partial charge in [-0.2, -0.15) is 17.0 Å². The van der Waals surface area contributed by atoms with Crippen molar-refractivity contribution < 1.29 is 17.9 Å². The summed E-state index contributed by atoms with van der Waals surface area (Å²) in [4.78, 5) is 0. The SMILES string of the molecule is COc1ccc(OC)c(C2c3cccn3CCN2S(=O)(=O)N(C)C)c1. The minimum absolute atomic E-state index is 0.382. The third-order valence-corrected chi connectivity index (χ3v) is 6.39. The molecule has 3 rings (SSSR count). The van der Waals surface area contributed by atoms with E-state index >= 15 is 0 Å². The van der Waals surface area contributed by atoms with E-state index in [1.807, 2.05) is 24.4 Å². The molecule has 8 heteroatoms. The molecule has 1 aromatic carbocycles. The maximum Gasteiger partial charge on any atom is 0.282 e. The Kier molecular flexibility index (Phi) is 4.77. The van der Waals surface area contributed by atoms with Crippen molar-refractivity contribution in [2.24, 2.45) is 0 Å². The second-order valence-corrected chi connectivity index (χ2v) is 8.13. The van der Waals surface area contributed by atoms with Gasteiger partial charge < -0.3 is 14.0 Å². The second-order valence-electron chi connectivity index (χ2n) is 6.04. The fraction of sp³-hybridized carbons (Fsp3) is 0.412. The zero-order chi connectivity index (χ0) is 18.2. The number of fused-ring (bicyclic) bond motifs is 1. The van der Waals surface area contributed by atoms with Gasteiger partial charge >= 0.3 is 0 Å². The van der Waals surface area contributed by atoms with Gasteiger partial charge in [-0.15, -0.1) is 0 Å². The molecule has 0 radical (unpaired) electrons. The van der Waals surface area contributed by atoms with E-state index in [0.29, 0.717) is 24.6 Å². The predicted molar refractivity (Wildman–Crippen MR) is 95.1 cm³/mol. The number of aromatic nitrogens is 1. The van der Waals surface area contributed by atoms with Crippen LogP contribution in [0, 0.1) is 0 Å². The van der Waals surface area contributed by atoms with Gasteiger partial charge in [0.05, 0.1) is 20.3 Å². The highest BCUT2D eigenvalue weighted by atomic mass is 32.2. The van der Waals surface area contributed by atoms with Crippen LogP contribution in [0.1, 0.15) is 17.3 Å². The Morgan fingerprint density at radius 1 is 1.12 bits per heavy atom. The van der Waals surface area contributed by atoms with Gasteiger partial charge in [0.1, 0.15) is 11.5 Å². The van der Waals surface area contributed by atoms with Crippen LogP contribution < -0.4 is 9.47 Å². The molecule has 0 aliphatic carbocycles. The van der Waals surface area contributed by atoms with E-state index in [2.05, 4.69) is 4.57 Å². The molecule has 136 valence electrons. The number of hydrogen-bond acceptors (Lipinski definition) is 4.